The van der Waals surface area contributed by atoms with E-state index in [-0.39, 0.29) is 11.6 Å². The minimum atomic E-state index is -0.353. The van der Waals surface area contributed by atoms with Crippen LogP contribution in [0.15, 0.2) is 16.6 Å². The maximum atomic E-state index is 13.8. The second-order valence-electron chi connectivity index (χ2n) is 3.74. The van der Waals surface area contributed by atoms with E-state index in [2.05, 4.69) is 15.9 Å². The molecule has 0 unspecified atom stereocenters. The van der Waals surface area contributed by atoms with Crippen LogP contribution in [0.3, 0.4) is 0 Å². The van der Waals surface area contributed by atoms with Gasteiger partial charge in [-0.3, -0.25) is 4.79 Å². The highest BCUT2D eigenvalue weighted by Gasteiger charge is 2.21. The first kappa shape index (κ1) is 11.9. The summed E-state index contributed by atoms with van der Waals surface area (Å²) >= 11 is 9.04. The van der Waals surface area contributed by atoms with Crippen LogP contribution in [0.4, 0.5) is 10.1 Å². The molecule has 0 N–H and O–H groups in total. The molecule has 1 fully saturated rings. The van der Waals surface area contributed by atoms with Gasteiger partial charge in [0.1, 0.15) is 11.6 Å². The van der Waals surface area contributed by atoms with Crippen molar-refractivity contribution in [2.45, 2.75) is 12.8 Å². The van der Waals surface area contributed by atoms with Crippen LogP contribution in [0.25, 0.3) is 0 Å². The SMILES string of the molecule is O=C1CCN(c2c(F)cc(Cl)cc2Br)CC1. The molecule has 0 aromatic heterocycles. The van der Waals surface area contributed by atoms with E-state index in [9.17, 15) is 9.18 Å². The molecule has 1 saturated heterocycles. The fraction of sp³-hybridized carbons (Fsp3) is 0.364. The van der Waals surface area contributed by atoms with Crippen LogP contribution in [0.2, 0.25) is 5.02 Å². The van der Waals surface area contributed by atoms with E-state index in [1.54, 1.807) is 6.07 Å². The summed E-state index contributed by atoms with van der Waals surface area (Å²) in [5, 5.41) is 0.362. The Morgan fingerprint density at radius 3 is 2.50 bits per heavy atom. The molecule has 2 rings (SSSR count). The highest BCUT2D eigenvalue weighted by molar-refractivity contribution is 9.10. The predicted octanol–water partition coefficient (Wildman–Crippen LogP) is 3.41. The summed E-state index contributed by atoms with van der Waals surface area (Å²) < 4.78 is 14.4. The number of halogens is 3. The van der Waals surface area contributed by atoms with Crippen molar-refractivity contribution in [2.75, 3.05) is 18.0 Å². The van der Waals surface area contributed by atoms with E-state index in [0.29, 0.717) is 41.1 Å². The largest absolute Gasteiger partial charge is 0.367 e. The van der Waals surface area contributed by atoms with Crippen molar-refractivity contribution in [3.8, 4) is 0 Å². The first-order valence-corrected chi connectivity index (χ1v) is 6.16. The van der Waals surface area contributed by atoms with Crippen molar-refractivity contribution in [3.63, 3.8) is 0 Å². The Morgan fingerprint density at radius 1 is 1.31 bits per heavy atom. The highest BCUT2D eigenvalue weighted by Crippen LogP contribution is 2.33. The molecular formula is C11H10BrClFNO. The monoisotopic (exact) mass is 305 g/mol. The molecule has 1 aromatic rings. The van der Waals surface area contributed by atoms with Crippen LogP contribution in [0, 0.1) is 5.82 Å². The van der Waals surface area contributed by atoms with Crippen molar-refractivity contribution in [1.29, 1.82) is 0 Å². The van der Waals surface area contributed by atoms with Crippen LogP contribution in [0.5, 0.6) is 0 Å². The molecule has 5 heteroatoms. The minimum absolute atomic E-state index is 0.238. The highest BCUT2D eigenvalue weighted by atomic mass is 79.9. The van der Waals surface area contributed by atoms with Crippen LogP contribution < -0.4 is 4.90 Å². The lowest BCUT2D eigenvalue weighted by atomic mass is 10.1. The molecule has 0 spiro atoms. The van der Waals surface area contributed by atoms with Crippen molar-refractivity contribution in [1.82, 2.24) is 0 Å². The Hall–Kier alpha value is -0.610. The smallest absolute Gasteiger partial charge is 0.149 e. The minimum Gasteiger partial charge on any atom is -0.367 e. The Kier molecular flexibility index (Phi) is 3.50. The number of piperidine rings is 1. The Morgan fingerprint density at radius 2 is 1.94 bits per heavy atom. The number of ketones is 1. The van der Waals surface area contributed by atoms with E-state index in [0.717, 1.165) is 0 Å². The lowest BCUT2D eigenvalue weighted by Gasteiger charge is -2.29. The van der Waals surface area contributed by atoms with Gasteiger partial charge in [-0.1, -0.05) is 11.6 Å². The third-order valence-corrected chi connectivity index (χ3v) is 3.44. The summed E-state index contributed by atoms with van der Waals surface area (Å²) in [6, 6.07) is 2.95. The summed E-state index contributed by atoms with van der Waals surface area (Å²) in [6.45, 7) is 1.13. The maximum Gasteiger partial charge on any atom is 0.149 e. The Balaban J connectivity index is 2.30. The number of carbonyl (C=O) groups excluding carboxylic acids is 1. The second kappa shape index (κ2) is 4.72. The standard InChI is InChI=1S/C11H10BrClFNO/c12-9-5-7(13)6-10(14)11(9)15-3-1-8(16)2-4-15/h5-6H,1-4H2. The lowest BCUT2D eigenvalue weighted by molar-refractivity contribution is -0.119. The quantitative estimate of drug-likeness (QED) is 0.792. The Bertz CT molecular complexity index is 405. The van der Waals surface area contributed by atoms with Crippen molar-refractivity contribution < 1.29 is 9.18 Å². The van der Waals surface area contributed by atoms with Crippen molar-refractivity contribution >= 4 is 39.0 Å². The van der Waals surface area contributed by atoms with E-state index in [4.69, 9.17) is 11.6 Å². The molecule has 1 aliphatic heterocycles. The molecule has 0 atom stereocenters. The van der Waals surface area contributed by atoms with Crippen molar-refractivity contribution in [3.05, 3.63) is 27.4 Å². The van der Waals surface area contributed by atoms with Gasteiger partial charge in [0.25, 0.3) is 0 Å². The average Bonchev–Trinajstić information content (AvgIpc) is 2.19. The van der Waals surface area contributed by atoms with Crippen LogP contribution in [0.1, 0.15) is 12.8 Å². The number of hydrogen-bond acceptors (Lipinski definition) is 2. The number of rotatable bonds is 1. The lowest BCUT2D eigenvalue weighted by Crippen LogP contribution is -2.34. The molecule has 86 valence electrons. The number of hydrogen-bond donors (Lipinski definition) is 0. The molecule has 16 heavy (non-hydrogen) atoms. The summed E-state index contributed by atoms with van der Waals surface area (Å²) in [6.07, 6.45) is 0.961. The zero-order chi connectivity index (χ0) is 11.7. The van der Waals surface area contributed by atoms with Crippen molar-refractivity contribution in [2.24, 2.45) is 0 Å². The van der Waals surface area contributed by atoms with Gasteiger partial charge in [0.05, 0.1) is 5.69 Å². The first-order valence-electron chi connectivity index (χ1n) is 4.99. The number of Topliss-reactive ketones (excluding diaryl/α,β-unsaturated/α-hetero) is 1. The third-order valence-electron chi connectivity index (χ3n) is 2.62. The summed E-state index contributed by atoms with van der Waals surface area (Å²) in [4.78, 5) is 13.0. The molecular weight excluding hydrogens is 296 g/mol. The van der Waals surface area contributed by atoms with E-state index in [1.165, 1.54) is 6.07 Å². The van der Waals surface area contributed by atoms with E-state index in [1.807, 2.05) is 4.90 Å². The van der Waals surface area contributed by atoms with Crippen LogP contribution in [-0.4, -0.2) is 18.9 Å². The van der Waals surface area contributed by atoms with Gasteiger partial charge in [0.2, 0.25) is 0 Å². The topological polar surface area (TPSA) is 20.3 Å². The zero-order valence-electron chi connectivity index (χ0n) is 8.47. The predicted molar refractivity (Wildman–Crippen MR) is 65.6 cm³/mol. The third kappa shape index (κ3) is 2.38. The molecule has 0 bridgehead atoms. The zero-order valence-corrected chi connectivity index (χ0v) is 10.8. The van der Waals surface area contributed by atoms with Gasteiger partial charge in [-0.25, -0.2) is 4.39 Å². The number of benzene rings is 1. The molecule has 1 heterocycles. The maximum absolute atomic E-state index is 13.8. The number of anilines is 1. The molecule has 2 nitrogen and oxygen atoms in total. The van der Waals surface area contributed by atoms with E-state index < -0.39 is 0 Å². The Labute approximate surface area is 107 Å². The average molecular weight is 307 g/mol. The molecule has 0 amide bonds. The second-order valence-corrected chi connectivity index (χ2v) is 5.03. The van der Waals surface area contributed by atoms with Gasteiger partial charge in [-0.2, -0.15) is 0 Å². The molecule has 0 radical (unpaired) electrons. The van der Waals surface area contributed by atoms with Gasteiger partial charge in [-0.05, 0) is 28.1 Å². The van der Waals surface area contributed by atoms with Gasteiger partial charge < -0.3 is 4.90 Å². The normalized spacial score (nSPS) is 16.7. The fourth-order valence-electron chi connectivity index (χ4n) is 1.82. The van der Waals surface area contributed by atoms with Gasteiger partial charge in [0.15, 0.2) is 0 Å². The summed E-state index contributed by atoms with van der Waals surface area (Å²) in [5.74, 6) is -0.115. The molecule has 0 aliphatic carbocycles. The van der Waals surface area contributed by atoms with E-state index >= 15 is 0 Å². The van der Waals surface area contributed by atoms with Gasteiger partial charge in [0, 0.05) is 35.4 Å². The summed E-state index contributed by atoms with van der Waals surface area (Å²) in [5.41, 5.74) is 0.497. The molecule has 0 saturated carbocycles. The number of carbonyl (C=O) groups is 1. The molecule has 1 aromatic carbocycles. The number of nitrogens with zero attached hydrogens (tertiary/aromatic N) is 1. The molecule has 1 aliphatic rings. The fourth-order valence-corrected chi connectivity index (χ4v) is 2.84. The van der Waals surface area contributed by atoms with Gasteiger partial charge >= 0.3 is 0 Å². The summed E-state index contributed by atoms with van der Waals surface area (Å²) in [7, 11) is 0. The van der Waals surface area contributed by atoms with Crippen LogP contribution in [-0.2, 0) is 4.79 Å². The van der Waals surface area contributed by atoms with Gasteiger partial charge in [-0.15, -0.1) is 0 Å². The van der Waals surface area contributed by atoms with Crippen LogP contribution >= 0.6 is 27.5 Å². The first-order chi connectivity index (χ1) is 7.58.